The lowest BCUT2D eigenvalue weighted by Crippen LogP contribution is -2.39. The summed E-state index contributed by atoms with van der Waals surface area (Å²) in [4.78, 5) is 44.8. The standard InChI is InChI=1S/C35H28N2O6S/c1-4-42-34(40)29-30(22-11-7-5-8-12-22)36-35-37(31(29)23-13-9-6-10-14-23)32(38)28(44-35)20-25-16-18-27(43-25)26-17-15-24(19-21(26)2)33(39)41-3/h5-20,31H,4H2,1-3H3/b28-20+/t31-/m1/s1. The van der Waals surface area contributed by atoms with Gasteiger partial charge in [0.2, 0.25) is 0 Å². The Labute approximate surface area is 256 Å². The van der Waals surface area contributed by atoms with Crippen molar-refractivity contribution in [3.05, 3.63) is 144 Å². The molecule has 0 amide bonds. The van der Waals surface area contributed by atoms with E-state index in [0.717, 1.165) is 22.3 Å². The molecule has 44 heavy (non-hydrogen) atoms. The van der Waals surface area contributed by atoms with Crippen molar-refractivity contribution in [1.29, 1.82) is 0 Å². The third-order valence-corrected chi connectivity index (χ3v) is 8.29. The summed E-state index contributed by atoms with van der Waals surface area (Å²) in [6, 6.07) is 27.0. The molecular weight excluding hydrogens is 576 g/mol. The van der Waals surface area contributed by atoms with Gasteiger partial charge in [-0.15, -0.1) is 0 Å². The van der Waals surface area contributed by atoms with Gasteiger partial charge < -0.3 is 13.9 Å². The molecule has 0 spiro atoms. The van der Waals surface area contributed by atoms with E-state index in [2.05, 4.69) is 0 Å². The van der Waals surface area contributed by atoms with Crippen LogP contribution in [0, 0.1) is 6.92 Å². The maximum atomic E-state index is 14.1. The molecule has 0 unspecified atom stereocenters. The number of carbonyl (C=O) groups excluding carboxylic acids is 2. The van der Waals surface area contributed by atoms with Gasteiger partial charge in [0, 0.05) is 17.2 Å². The van der Waals surface area contributed by atoms with Crippen molar-refractivity contribution in [3.8, 4) is 11.3 Å². The number of esters is 2. The first kappa shape index (κ1) is 28.8. The van der Waals surface area contributed by atoms with Crippen LogP contribution in [0.3, 0.4) is 0 Å². The molecule has 3 aromatic carbocycles. The van der Waals surface area contributed by atoms with E-state index in [0.29, 0.717) is 37.7 Å². The molecule has 0 N–H and O–H groups in total. The Bertz CT molecular complexity index is 2090. The number of aryl methyl sites for hydroxylation is 1. The fourth-order valence-electron chi connectivity index (χ4n) is 5.28. The first-order valence-corrected chi connectivity index (χ1v) is 14.8. The highest BCUT2D eigenvalue weighted by atomic mass is 32.1. The summed E-state index contributed by atoms with van der Waals surface area (Å²) < 4.78 is 18.4. The molecule has 1 aliphatic heterocycles. The zero-order valence-corrected chi connectivity index (χ0v) is 25.1. The molecule has 220 valence electrons. The van der Waals surface area contributed by atoms with Gasteiger partial charge in [0.05, 0.1) is 41.1 Å². The number of nitrogens with zero attached hydrogens (tertiary/aromatic N) is 2. The zero-order chi connectivity index (χ0) is 30.8. The van der Waals surface area contributed by atoms with E-state index in [4.69, 9.17) is 18.9 Å². The highest BCUT2D eigenvalue weighted by Gasteiger charge is 2.35. The van der Waals surface area contributed by atoms with Gasteiger partial charge in [-0.05, 0) is 49.2 Å². The molecule has 0 saturated carbocycles. The monoisotopic (exact) mass is 604 g/mol. The maximum Gasteiger partial charge on any atom is 0.338 e. The number of fused-ring (bicyclic) bond motifs is 1. The summed E-state index contributed by atoms with van der Waals surface area (Å²) in [5.74, 6) is 0.134. The second-order valence-corrected chi connectivity index (χ2v) is 11.1. The summed E-state index contributed by atoms with van der Waals surface area (Å²) in [5.41, 5.74) is 4.09. The third-order valence-electron chi connectivity index (χ3n) is 7.30. The number of hydrogen-bond acceptors (Lipinski definition) is 8. The molecule has 0 fully saturated rings. The summed E-state index contributed by atoms with van der Waals surface area (Å²) in [6.07, 6.45) is 1.68. The predicted molar refractivity (Wildman–Crippen MR) is 168 cm³/mol. The topological polar surface area (TPSA) is 100 Å². The highest BCUT2D eigenvalue weighted by molar-refractivity contribution is 7.07. The first-order valence-electron chi connectivity index (χ1n) is 14.0. The van der Waals surface area contributed by atoms with Crippen LogP contribution >= 0.6 is 11.3 Å². The van der Waals surface area contributed by atoms with E-state index in [1.54, 1.807) is 41.8 Å². The lowest BCUT2D eigenvalue weighted by Gasteiger charge is -2.25. The number of hydrogen-bond donors (Lipinski definition) is 0. The molecule has 1 atom stereocenters. The Morgan fingerprint density at radius 3 is 2.39 bits per heavy atom. The van der Waals surface area contributed by atoms with Crippen LogP contribution in [0.1, 0.15) is 45.8 Å². The number of benzene rings is 3. The average molecular weight is 605 g/mol. The van der Waals surface area contributed by atoms with Crippen molar-refractivity contribution in [2.24, 2.45) is 4.99 Å². The number of methoxy groups -OCH3 is 1. The van der Waals surface area contributed by atoms with Crippen molar-refractivity contribution in [2.45, 2.75) is 19.9 Å². The van der Waals surface area contributed by atoms with Gasteiger partial charge >= 0.3 is 11.9 Å². The summed E-state index contributed by atoms with van der Waals surface area (Å²) >= 11 is 1.23. The molecule has 8 nitrogen and oxygen atoms in total. The van der Waals surface area contributed by atoms with Crippen molar-refractivity contribution < 1.29 is 23.5 Å². The van der Waals surface area contributed by atoms with Crippen molar-refractivity contribution in [2.75, 3.05) is 13.7 Å². The van der Waals surface area contributed by atoms with Crippen LogP contribution in [0.2, 0.25) is 0 Å². The van der Waals surface area contributed by atoms with Crippen LogP contribution in [0.15, 0.2) is 111 Å². The molecule has 0 aliphatic carbocycles. The van der Waals surface area contributed by atoms with Gasteiger partial charge in [-0.1, -0.05) is 78.1 Å². The number of thiazole rings is 1. The van der Waals surface area contributed by atoms with E-state index < -0.39 is 18.0 Å². The normalized spacial score (nSPS) is 14.6. The van der Waals surface area contributed by atoms with Gasteiger partial charge in [0.1, 0.15) is 11.5 Å². The van der Waals surface area contributed by atoms with Crippen LogP contribution < -0.4 is 14.9 Å². The highest BCUT2D eigenvalue weighted by Crippen LogP contribution is 2.35. The van der Waals surface area contributed by atoms with Crippen LogP contribution in [0.4, 0.5) is 0 Å². The zero-order valence-electron chi connectivity index (χ0n) is 24.3. The minimum atomic E-state index is -0.744. The largest absolute Gasteiger partial charge is 0.465 e. The first-order chi connectivity index (χ1) is 21.4. The van der Waals surface area contributed by atoms with Gasteiger partial charge in [-0.3, -0.25) is 9.36 Å². The van der Waals surface area contributed by atoms with E-state index in [9.17, 15) is 14.4 Å². The second kappa shape index (κ2) is 12.1. The van der Waals surface area contributed by atoms with Gasteiger partial charge in [0.15, 0.2) is 4.80 Å². The van der Waals surface area contributed by atoms with Gasteiger partial charge in [-0.25, -0.2) is 14.6 Å². The minimum absolute atomic E-state index is 0.183. The number of aromatic nitrogens is 1. The number of furan rings is 1. The summed E-state index contributed by atoms with van der Waals surface area (Å²) in [5, 5.41) is 0. The number of carbonyl (C=O) groups is 2. The SMILES string of the molecule is CCOC(=O)C1=C(c2ccccc2)N=c2s/c(=C/c3ccc(-c4ccc(C(=O)OC)cc4C)o3)c(=O)n2[C@@H]1c1ccccc1. The van der Waals surface area contributed by atoms with Crippen LogP contribution in [0.5, 0.6) is 0 Å². The van der Waals surface area contributed by atoms with Crippen molar-refractivity contribution >= 4 is 35.0 Å². The fraction of sp³-hybridized carbons (Fsp3) is 0.143. The quantitative estimate of drug-likeness (QED) is 0.234. The molecule has 3 heterocycles. The molecule has 5 aromatic rings. The van der Waals surface area contributed by atoms with Gasteiger partial charge in [-0.2, -0.15) is 0 Å². The van der Waals surface area contributed by atoms with Crippen molar-refractivity contribution in [3.63, 3.8) is 0 Å². The summed E-state index contributed by atoms with van der Waals surface area (Å²) in [6.45, 7) is 3.82. The maximum absolute atomic E-state index is 14.1. The summed E-state index contributed by atoms with van der Waals surface area (Å²) in [7, 11) is 1.34. The third kappa shape index (κ3) is 5.33. The lowest BCUT2D eigenvalue weighted by molar-refractivity contribution is -0.138. The molecule has 0 bridgehead atoms. The molecule has 0 radical (unpaired) electrons. The molecule has 9 heteroatoms. The lowest BCUT2D eigenvalue weighted by atomic mass is 9.93. The van der Waals surface area contributed by atoms with Gasteiger partial charge in [0.25, 0.3) is 5.56 Å². The molecule has 2 aromatic heterocycles. The van der Waals surface area contributed by atoms with Crippen LogP contribution in [-0.2, 0) is 14.3 Å². The number of ether oxygens (including phenoxy) is 2. The molecular formula is C35H28N2O6S. The van der Waals surface area contributed by atoms with E-state index in [1.165, 1.54) is 18.4 Å². The minimum Gasteiger partial charge on any atom is -0.465 e. The van der Waals surface area contributed by atoms with E-state index in [-0.39, 0.29) is 12.2 Å². The molecule has 6 rings (SSSR count). The molecule has 0 saturated heterocycles. The van der Waals surface area contributed by atoms with Crippen molar-refractivity contribution in [1.82, 2.24) is 4.57 Å². The molecule has 1 aliphatic rings. The smallest absolute Gasteiger partial charge is 0.338 e. The van der Waals surface area contributed by atoms with E-state index >= 15 is 0 Å². The second-order valence-electron chi connectivity index (χ2n) is 10.1. The Morgan fingerprint density at radius 1 is 0.977 bits per heavy atom. The van der Waals surface area contributed by atoms with E-state index in [1.807, 2.05) is 73.7 Å². The van der Waals surface area contributed by atoms with Crippen LogP contribution in [0.25, 0.3) is 23.1 Å². The average Bonchev–Trinajstić information content (AvgIpc) is 3.64. The number of rotatable bonds is 7. The van der Waals surface area contributed by atoms with Crippen LogP contribution in [-0.4, -0.2) is 30.2 Å². The predicted octanol–water partition coefficient (Wildman–Crippen LogP) is 5.29. The Morgan fingerprint density at radius 2 is 1.70 bits per heavy atom. The Kier molecular flexibility index (Phi) is 7.95. The Balaban J connectivity index is 1.50. The fourth-order valence-corrected chi connectivity index (χ4v) is 6.26. The Hall–Kier alpha value is -5.28.